The number of carbonyl (C=O) groups is 2. The van der Waals surface area contributed by atoms with Crippen LogP contribution in [0.15, 0.2) is 0 Å². The van der Waals surface area contributed by atoms with E-state index in [1.54, 1.807) is 0 Å². The van der Waals surface area contributed by atoms with Gasteiger partial charge in [0.1, 0.15) is 11.7 Å². The molecular formula is C32H48O6. The van der Waals surface area contributed by atoms with E-state index in [1.807, 2.05) is 0 Å². The Morgan fingerprint density at radius 2 is 1.66 bits per heavy atom. The summed E-state index contributed by atoms with van der Waals surface area (Å²) in [4.78, 5) is 25.6. The summed E-state index contributed by atoms with van der Waals surface area (Å²) in [7, 11) is 0. The van der Waals surface area contributed by atoms with Crippen molar-refractivity contribution in [3.05, 3.63) is 0 Å². The van der Waals surface area contributed by atoms with E-state index in [9.17, 15) is 14.7 Å². The second kappa shape index (κ2) is 7.19. The molecule has 7 rings (SSSR count). The number of epoxide rings is 1. The summed E-state index contributed by atoms with van der Waals surface area (Å²) < 4.78 is 19.0. The number of hydrogen-bond donors (Lipinski definition) is 1. The Labute approximate surface area is 227 Å². The first kappa shape index (κ1) is 25.8. The molecule has 6 heteroatoms. The van der Waals surface area contributed by atoms with Gasteiger partial charge in [-0.1, -0.05) is 41.5 Å². The van der Waals surface area contributed by atoms with Crippen LogP contribution >= 0.6 is 0 Å². The Hall–Kier alpha value is -1.14. The molecule has 2 aliphatic heterocycles. The molecule has 0 aromatic heterocycles. The molecule has 212 valence electrons. The van der Waals surface area contributed by atoms with E-state index in [0.717, 1.165) is 38.5 Å². The molecule has 2 saturated heterocycles. The van der Waals surface area contributed by atoms with Crippen molar-refractivity contribution in [1.29, 1.82) is 0 Å². The van der Waals surface area contributed by atoms with E-state index in [2.05, 4.69) is 48.5 Å². The smallest absolute Gasteiger partial charge is 0.313 e. The second-order valence-electron chi connectivity index (χ2n) is 16.3. The molecule has 2 heterocycles. The average molecular weight is 529 g/mol. The molecule has 5 saturated carbocycles. The van der Waals surface area contributed by atoms with E-state index in [1.165, 1.54) is 6.92 Å². The zero-order chi connectivity index (χ0) is 27.4. The maximum Gasteiger partial charge on any atom is 0.313 e. The molecular weight excluding hydrogens is 480 g/mol. The minimum Gasteiger partial charge on any atom is -0.460 e. The highest BCUT2D eigenvalue weighted by atomic mass is 16.6. The molecule has 0 amide bonds. The predicted molar refractivity (Wildman–Crippen MR) is 141 cm³/mol. The topological polar surface area (TPSA) is 85.4 Å². The highest BCUT2D eigenvalue weighted by Gasteiger charge is 2.83. The van der Waals surface area contributed by atoms with Crippen LogP contribution in [0.5, 0.6) is 0 Å². The summed E-state index contributed by atoms with van der Waals surface area (Å²) in [6.45, 7) is 17.8. The third-order valence-electron chi connectivity index (χ3n) is 14.8. The Balaban J connectivity index is 1.33. The van der Waals surface area contributed by atoms with Crippen molar-refractivity contribution in [1.82, 2.24) is 0 Å². The lowest BCUT2D eigenvalue weighted by atomic mass is 9.31. The van der Waals surface area contributed by atoms with Gasteiger partial charge in [-0.15, -0.1) is 0 Å². The van der Waals surface area contributed by atoms with Crippen LogP contribution in [0.2, 0.25) is 0 Å². The molecule has 4 unspecified atom stereocenters. The molecule has 38 heavy (non-hydrogen) atoms. The Bertz CT molecular complexity index is 1100. The number of hydrogen-bond acceptors (Lipinski definition) is 6. The molecule has 2 bridgehead atoms. The number of fused-ring (bicyclic) bond motifs is 8. The molecule has 7 aliphatic rings. The van der Waals surface area contributed by atoms with Crippen molar-refractivity contribution < 1.29 is 28.9 Å². The summed E-state index contributed by atoms with van der Waals surface area (Å²) in [5.41, 5.74) is -1.18. The number of carbonyl (C=O) groups excluding carboxylic acids is 2. The standard InChI is InChI=1S/C32H48O6/c1-16-9-12-32-14-13-29(6)20(23(32)31(16,8)38-26(32)35)21-22(37-21)24-28(5)15-18(36-17(2)33)25(34)27(3,4)19(28)10-11-30(24,29)7/h16,18-25,34H,9-15H2,1-8H3/t16-,18?,19?,20-,21?,22?,23-,24-,25+,28+,29-,30-,31-,32+/m1/s1. The predicted octanol–water partition coefficient (Wildman–Crippen LogP) is 5.29. The largest absolute Gasteiger partial charge is 0.460 e. The van der Waals surface area contributed by atoms with Crippen LogP contribution in [0.25, 0.3) is 0 Å². The van der Waals surface area contributed by atoms with Crippen molar-refractivity contribution in [3.63, 3.8) is 0 Å². The van der Waals surface area contributed by atoms with Gasteiger partial charge in [0.15, 0.2) is 0 Å². The average Bonchev–Trinajstić information content (AvgIpc) is 3.55. The minimum atomic E-state index is -0.673. The molecule has 0 radical (unpaired) electrons. The van der Waals surface area contributed by atoms with E-state index in [-0.39, 0.29) is 57.1 Å². The van der Waals surface area contributed by atoms with Crippen LogP contribution in [-0.4, -0.2) is 47.1 Å². The number of aliphatic hydroxyl groups is 1. The fourth-order valence-corrected chi connectivity index (χ4v) is 12.8. The maximum atomic E-state index is 13.6. The summed E-state index contributed by atoms with van der Waals surface area (Å²) in [5.74, 6) is 1.26. The lowest BCUT2D eigenvalue weighted by Gasteiger charge is -2.72. The molecule has 1 N–H and O–H groups in total. The monoisotopic (exact) mass is 528 g/mol. The Kier molecular flexibility index (Phi) is 4.88. The molecule has 5 aliphatic carbocycles. The number of ether oxygens (including phenoxy) is 3. The third kappa shape index (κ3) is 2.65. The van der Waals surface area contributed by atoms with Gasteiger partial charge in [-0.05, 0) is 91.3 Å². The van der Waals surface area contributed by atoms with Gasteiger partial charge in [0, 0.05) is 18.8 Å². The molecule has 7 fully saturated rings. The van der Waals surface area contributed by atoms with E-state index < -0.39 is 17.8 Å². The first-order valence-electron chi connectivity index (χ1n) is 15.3. The van der Waals surface area contributed by atoms with Gasteiger partial charge in [0.2, 0.25) is 0 Å². The van der Waals surface area contributed by atoms with Gasteiger partial charge in [0.05, 0.1) is 23.7 Å². The van der Waals surface area contributed by atoms with Crippen molar-refractivity contribution in [2.75, 3.05) is 0 Å². The molecule has 6 nitrogen and oxygen atoms in total. The van der Waals surface area contributed by atoms with Gasteiger partial charge in [-0.25, -0.2) is 0 Å². The zero-order valence-corrected chi connectivity index (χ0v) is 24.6. The maximum absolute atomic E-state index is 13.6. The van der Waals surface area contributed by atoms with Gasteiger partial charge in [0.25, 0.3) is 0 Å². The van der Waals surface area contributed by atoms with Gasteiger partial charge < -0.3 is 19.3 Å². The normalized spacial score (nSPS) is 61.3. The van der Waals surface area contributed by atoms with Crippen molar-refractivity contribution >= 4 is 11.9 Å². The SMILES string of the molecule is CC(=O)OC1C[C@@]2(C)C(CC[C@]3(C)[C@@H]2C2OC2[C@@H]2[C@H]4[C@]5(CC[C@@H](C)[C@@]4(C)OC5=O)CC[C@]23C)C(C)(C)[C@H]1O. The fourth-order valence-electron chi connectivity index (χ4n) is 12.8. The van der Waals surface area contributed by atoms with Gasteiger partial charge >= 0.3 is 11.9 Å². The first-order chi connectivity index (χ1) is 17.6. The quantitative estimate of drug-likeness (QED) is 0.368. The summed E-state index contributed by atoms with van der Waals surface area (Å²) in [5, 5.41) is 11.4. The Morgan fingerprint density at radius 3 is 2.34 bits per heavy atom. The molecule has 0 aromatic rings. The molecule has 0 aromatic carbocycles. The molecule has 14 atom stereocenters. The van der Waals surface area contributed by atoms with Crippen molar-refractivity contribution in [2.24, 2.45) is 56.7 Å². The highest BCUT2D eigenvalue weighted by molar-refractivity contribution is 5.81. The number of rotatable bonds is 1. The summed E-state index contributed by atoms with van der Waals surface area (Å²) in [6, 6.07) is 0. The second-order valence-corrected chi connectivity index (χ2v) is 16.3. The van der Waals surface area contributed by atoms with Crippen LogP contribution in [0.1, 0.15) is 100 Å². The van der Waals surface area contributed by atoms with Gasteiger partial charge in [-0.3, -0.25) is 9.59 Å². The minimum absolute atomic E-state index is 0.0286. The van der Waals surface area contributed by atoms with Gasteiger partial charge in [-0.2, -0.15) is 0 Å². The van der Waals surface area contributed by atoms with E-state index in [0.29, 0.717) is 30.1 Å². The summed E-state index contributed by atoms with van der Waals surface area (Å²) >= 11 is 0. The first-order valence-corrected chi connectivity index (χ1v) is 15.3. The van der Waals surface area contributed by atoms with E-state index in [4.69, 9.17) is 14.2 Å². The van der Waals surface area contributed by atoms with Crippen LogP contribution in [-0.2, 0) is 23.8 Å². The number of aliphatic hydroxyl groups excluding tert-OH is 1. The lowest BCUT2D eigenvalue weighted by molar-refractivity contribution is -0.263. The van der Waals surface area contributed by atoms with Crippen molar-refractivity contribution in [3.8, 4) is 0 Å². The van der Waals surface area contributed by atoms with Crippen molar-refractivity contribution in [2.45, 2.75) is 130 Å². The number of esters is 2. The van der Waals surface area contributed by atoms with Crippen LogP contribution in [0, 0.1) is 56.7 Å². The lowest BCUT2D eigenvalue weighted by Crippen LogP contribution is -2.71. The van der Waals surface area contributed by atoms with Crippen LogP contribution < -0.4 is 0 Å². The van der Waals surface area contributed by atoms with Crippen LogP contribution in [0.4, 0.5) is 0 Å². The highest BCUT2D eigenvalue weighted by Crippen LogP contribution is 2.81. The van der Waals surface area contributed by atoms with Crippen LogP contribution in [0.3, 0.4) is 0 Å². The van der Waals surface area contributed by atoms with E-state index >= 15 is 0 Å². The zero-order valence-electron chi connectivity index (χ0n) is 24.6. The molecule has 0 spiro atoms. The fraction of sp³-hybridized carbons (Fsp3) is 0.938. The Morgan fingerprint density at radius 1 is 0.947 bits per heavy atom. The summed E-state index contributed by atoms with van der Waals surface area (Å²) in [6.07, 6.45) is 5.94. The third-order valence-corrected chi connectivity index (χ3v) is 14.8.